The smallest absolute Gasteiger partial charge is 0.257 e. The molecule has 6 heteroatoms. The molecule has 6 aromatic rings. The molecule has 0 amide bonds. The van der Waals surface area contributed by atoms with Gasteiger partial charge >= 0.3 is 0 Å². The maximum absolute atomic E-state index is 6.95. The van der Waals surface area contributed by atoms with E-state index in [-0.39, 0.29) is 6.71 Å². The van der Waals surface area contributed by atoms with Gasteiger partial charge in [-0.15, -0.1) is 0 Å². The number of pyridine rings is 2. The van der Waals surface area contributed by atoms with Gasteiger partial charge in [0.2, 0.25) is 0 Å². The maximum Gasteiger partial charge on any atom is 0.257 e. The van der Waals surface area contributed by atoms with E-state index >= 15 is 0 Å². The van der Waals surface area contributed by atoms with Crippen molar-refractivity contribution in [2.24, 2.45) is 0 Å². The lowest BCUT2D eigenvalue weighted by Gasteiger charge is -2.37. The highest BCUT2D eigenvalue weighted by molar-refractivity contribution is 8.01. The number of hydrogen-bond acceptors (Lipinski definition) is 5. The summed E-state index contributed by atoms with van der Waals surface area (Å²) in [6, 6.07) is 22.6. The Hall–Kier alpha value is -4.26. The highest BCUT2D eigenvalue weighted by atomic mass is 32.2. The number of rotatable bonds is 3. The Labute approximate surface area is 279 Å². The standard InChI is InChI=1S/C40H31BN2OS2/c1-20-10-22(3)34(23(4)11-20)26-14-27(35-24(5)12-21(2)13-25(35)6)16-28(15-26)39-40-38-33(19-43-39)46-32-18-42-17-31-37(32)41(38)36-29(44-40)8-7-9-30(36)45-31/h7-19H,1-6H3. The summed E-state index contributed by atoms with van der Waals surface area (Å²) in [7, 11) is 0. The molecule has 0 spiro atoms. The average Bonchev–Trinajstić information content (AvgIpc) is 3.00. The average molecular weight is 631 g/mol. The minimum atomic E-state index is 0.105. The first-order valence-electron chi connectivity index (χ1n) is 15.7. The molecule has 9 rings (SSSR count). The Kier molecular flexibility index (Phi) is 6.16. The van der Waals surface area contributed by atoms with Gasteiger partial charge in [0.25, 0.3) is 6.71 Å². The molecule has 0 unspecified atom stereocenters. The van der Waals surface area contributed by atoms with Gasteiger partial charge in [0.05, 0.1) is 0 Å². The molecule has 0 atom stereocenters. The molecule has 5 heterocycles. The van der Waals surface area contributed by atoms with Crippen molar-refractivity contribution in [1.82, 2.24) is 9.97 Å². The van der Waals surface area contributed by atoms with Crippen LogP contribution in [-0.4, -0.2) is 16.7 Å². The predicted molar refractivity (Wildman–Crippen MR) is 193 cm³/mol. The van der Waals surface area contributed by atoms with Crippen molar-refractivity contribution in [1.29, 1.82) is 0 Å². The van der Waals surface area contributed by atoms with E-state index in [1.165, 1.54) is 86.7 Å². The molecule has 0 N–H and O–H groups in total. The molecule has 222 valence electrons. The number of aryl methyl sites for hydroxylation is 6. The summed E-state index contributed by atoms with van der Waals surface area (Å²) in [6.07, 6.45) is 6.10. The molecule has 3 aliphatic rings. The van der Waals surface area contributed by atoms with E-state index in [2.05, 4.69) is 113 Å². The molecule has 0 saturated carbocycles. The first kappa shape index (κ1) is 28.0. The number of aromatic nitrogens is 2. The minimum Gasteiger partial charge on any atom is -0.456 e. The highest BCUT2D eigenvalue weighted by Crippen LogP contribution is 2.46. The second kappa shape index (κ2) is 10.1. The Morgan fingerprint density at radius 1 is 0.565 bits per heavy atom. The zero-order chi connectivity index (χ0) is 31.4. The molecule has 3 nitrogen and oxygen atoms in total. The lowest BCUT2D eigenvalue weighted by molar-refractivity contribution is 0.484. The van der Waals surface area contributed by atoms with E-state index in [4.69, 9.17) is 9.72 Å². The van der Waals surface area contributed by atoms with Crippen LogP contribution >= 0.6 is 23.5 Å². The highest BCUT2D eigenvalue weighted by Gasteiger charge is 2.45. The van der Waals surface area contributed by atoms with Gasteiger partial charge in [0.1, 0.15) is 17.2 Å². The van der Waals surface area contributed by atoms with E-state index in [1.54, 1.807) is 23.5 Å². The maximum atomic E-state index is 6.95. The van der Waals surface area contributed by atoms with Gasteiger partial charge < -0.3 is 4.74 Å². The third-order valence-electron chi connectivity index (χ3n) is 9.63. The van der Waals surface area contributed by atoms with Crippen LogP contribution in [0.2, 0.25) is 0 Å². The topological polar surface area (TPSA) is 35.0 Å². The number of hydrogen-bond donors (Lipinski definition) is 0. The molecule has 46 heavy (non-hydrogen) atoms. The Bertz CT molecular complexity index is 2170. The number of benzene rings is 4. The van der Waals surface area contributed by atoms with E-state index in [0.29, 0.717) is 0 Å². The third kappa shape index (κ3) is 4.09. The molecular weight excluding hydrogens is 599 g/mol. The van der Waals surface area contributed by atoms with Crippen molar-refractivity contribution in [3.8, 4) is 45.0 Å². The van der Waals surface area contributed by atoms with Crippen LogP contribution in [0.15, 0.2) is 98.8 Å². The van der Waals surface area contributed by atoms with Crippen LogP contribution in [0.4, 0.5) is 0 Å². The molecule has 4 aromatic carbocycles. The van der Waals surface area contributed by atoms with E-state index in [0.717, 1.165) is 27.7 Å². The molecular formula is C40H31BN2OS2. The molecule has 0 fully saturated rings. The zero-order valence-corrected chi connectivity index (χ0v) is 28.3. The van der Waals surface area contributed by atoms with Crippen molar-refractivity contribution in [3.05, 3.63) is 113 Å². The lowest BCUT2D eigenvalue weighted by atomic mass is 9.35. The summed E-state index contributed by atoms with van der Waals surface area (Å²) in [5.74, 6) is 1.80. The first-order valence-corrected chi connectivity index (χ1v) is 17.4. The van der Waals surface area contributed by atoms with Crippen LogP contribution in [0, 0.1) is 41.5 Å². The van der Waals surface area contributed by atoms with E-state index < -0.39 is 0 Å². The van der Waals surface area contributed by atoms with E-state index in [1.807, 2.05) is 12.4 Å². The van der Waals surface area contributed by atoms with Crippen molar-refractivity contribution >= 4 is 46.6 Å². The summed E-state index contributed by atoms with van der Waals surface area (Å²) in [5.41, 5.74) is 18.5. The molecule has 0 radical (unpaired) electrons. The van der Waals surface area contributed by atoms with Crippen LogP contribution in [0.25, 0.3) is 33.5 Å². The van der Waals surface area contributed by atoms with Crippen LogP contribution < -0.4 is 21.1 Å². The Morgan fingerprint density at radius 2 is 1.11 bits per heavy atom. The van der Waals surface area contributed by atoms with Gasteiger partial charge in [-0.3, -0.25) is 9.97 Å². The van der Waals surface area contributed by atoms with Crippen molar-refractivity contribution in [3.63, 3.8) is 0 Å². The third-order valence-corrected chi connectivity index (χ3v) is 11.8. The fourth-order valence-electron chi connectivity index (χ4n) is 8.12. The summed E-state index contributed by atoms with van der Waals surface area (Å²) >= 11 is 3.57. The number of ether oxygens (including phenoxy) is 1. The van der Waals surface area contributed by atoms with Crippen molar-refractivity contribution < 1.29 is 4.74 Å². The first-order chi connectivity index (χ1) is 22.2. The van der Waals surface area contributed by atoms with Crippen LogP contribution in [-0.2, 0) is 0 Å². The fourth-order valence-corrected chi connectivity index (χ4v) is 10.5. The second-order valence-electron chi connectivity index (χ2n) is 13.0. The quantitative estimate of drug-likeness (QED) is 0.182. The Morgan fingerprint density at radius 3 is 1.72 bits per heavy atom. The minimum absolute atomic E-state index is 0.105. The molecule has 0 bridgehead atoms. The summed E-state index contributed by atoms with van der Waals surface area (Å²) in [5, 5.41) is 0. The molecule has 0 saturated heterocycles. The second-order valence-corrected chi connectivity index (χ2v) is 15.2. The van der Waals surface area contributed by atoms with Gasteiger partial charge in [-0.25, -0.2) is 0 Å². The SMILES string of the molecule is Cc1cc(C)c(-c2cc(-c3ncc4c5c3Oc3cccc6c3B5c3c(cncc3S4)S6)cc(-c3c(C)cc(C)cc3C)c2)c(C)c1. The predicted octanol–water partition coefficient (Wildman–Crippen LogP) is 8.88. The Balaban J connectivity index is 1.33. The normalized spacial score (nSPS) is 13.4. The van der Waals surface area contributed by atoms with Crippen molar-refractivity contribution in [2.75, 3.05) is 0 Å². The molecule has 3 aliphatic heterocycles. The van der Waals surface area contributed by atoms with Crippen LogP contribution in [0.1, 0.15) is 33.4 Å². The zero-order valence-electron chi connectivity index (χ0n) is 26.7. The van der Waals surface area contributed by atoms with Crippen LogP contribution in [0.5, 0.6) is 11.5 Å². The summed E-state index contributed by atoms with van der Waals surface area (Å²) in [6.45, 7) is 13.4. The van der Waals surface area contributed by atoms with Crippen molar-refractivity contribution in [2.45, 2.75) is 61.1 Å². The summed E-state index contributed by atoms with van der Waals surface area (Å²) < 4.78 is 6.95. The summed E-state index contributed by atoms with van der Waals surface area (Å²) in [4.78, 5) is 14.6. The fraction of sp³-hybridized carbons (Fsp3) is 0.150. The monoisotopic (exact) mass is 630 g/mol. The van der Waals surface area contributed by atoms with Gasteiger partial charge in [-0.1, -0.05) is 65.0 Å². The lowest BCUT2D eigenvalue weighted by Crippen LogP contribution is -2.60. The molecule has 2 aromatic heterocycles. The largest absolute Gasteiger partial charge is 0.456 e. The van der Waals surface area contributed by atoms with Gasteiger partial charge in [0, 0.05) is 43.7 Å². The number of nitrogens with zero attached hydrogens (tertiary/aromatic N) is 2. The van der Waals surface area contributed by atoms with Gasteiger partial charge in [-0.2, -0.15) is 0 Å². The van der Waals surface area contributed by atoms with E-state index in [9.17, 15) is 0 Å². The van der Waals surface area contributed by atoms with Gasteiger partial charge in [-0.05, 0) is 133 Å². The van der Waals surface area contributed by atoms with Gasteiger partial charge in [0.15, 0.2) is 0 Å². The van der Waals surface area contributed by atoms with Crippen LogP contribution in [0.3, 0.4) is 0 Å². The molecule has 0 aliphatic carbocycles.